The number of rotatable bonds is 7. The van der Waals surface area contributed by atoms with Crippen LogP contribution in [0.2, 0.25) is 0 Å². The Bertz CT molecular complexity index is 1110. The second-order valence-corrected chi connectivity index (χ2v) is 7.94. The number of halogens is 1. The van der Waals surface area contributed by atoms with Gasteiger partial charge in [-0.3, -0.25) is 4.99 Å². The molecular weight excluding hydrogens is 545 g/mol. The molecule has 1 aromatic heterocycles. The Labute approximate surface area is 217 Å². The fraction of sp³-hybridized carbons (Fsp3) is 0.400. The molecule has 2 aromatic carbocycles. The fourth-order valence-electron chi connectivity index (χ4n) is 4.04. The summed E-state index contributed by atoms with van der Waals surface area (Å²) in [4.78, 5) is 11.2. The van der Waals surface area contributed by atoms with Crippen molar-refractivity contribution in [1.82, 2.24) is 20.4 Å². The summed E-state index contributed by atoms with van der Waals surface area (Å²) in [5.41, 5.74) is 4.71. The Hall–Kier alpha value is -2.82. The largest absolute Gasteiger partial charge is 0.493 e. The van der Waals surface area contributed by atoms with Crippen molar-refractivity contribution in [1.29, 1.82) is 0 Å². The van der Waals surface area contributed by atoms with Gasteiger partial charge in [-0.25, -0.2) is 0 Å². The minimum Gasteiger partial charge on any atom is -0.493 e. The summed E-state index contributed by atoms with van der Waals surface area (Å²) >= 11 is 0. The third kappa shape index (κ3) is 5.81. The summed E-state index contributed by atoms with van der Waals surface area (Å²) in [6.07, 6.45) is 2.59. The Morgan fingerprint density at radius 3 is 2.44 bits per heavy atom. The van der Waals surface area contributed by atoms with Gasteiger partial charge in [0.2, 0.25) is 0 Å². The summed E-state index contributed by atoms with van der Waals surface area (Å²) in [5.74, 6) is 3.74. The summed E-state index contributed by atoms with van der Waals surface area (Å²) in [6, 6.07) is 12.4. The Morgan fingerprint density at radius 1 is 1.12 bits per heavy atom. The van der Waals surface area contributed by atoms with Gasteiger partial charge in [0.15, 0.2) is 23.3 Å². The fourth-order valence-corrected chi connectivity index (χ4v) is 4.04. The Balaban J connectivity index is 0.00000324. The van der Waals surface area contributed by atoms with Crippen molar-refractivity contribution in [3.05, 3.63) is 58.9 Å². The van der Waals surface area contributed by atoms with Crippen molar-refractivity contribution in [2.45, 2.75) is 32.7 Å². The molecular formula is C25H32IN5O3. The average molecular weight is 577 g/mol. The van der Waals surface area contributed by atoms with E-state index >= 15 is 0 Å². The van der Waals surface area contributed by atoms with Gasteiger partial charge in [-0.15, -0.1) is 24.0 Å². The van der Waals surface area contributed by atoms with Gasteiger partial charge in [0.05, 0.1) is 14.2 Å². The Kier molecular flexibility index (Phi) is 9.14. The first-order valence-electron chi connectivity index (χ1n) is 11.3. The van der Waals surface area contributed by atoms with Crippen molar-refractivity contribution in [3.8, 4) is 23.0 Å². The van der Waals surface area contributed by atoms with Crippen molar-refractivity contribution >= 4 is 29.9 Å². The molecule has 1 N–H and O–H groups in total. The third-order valence-corrected chi connectivity index (χ3v) is 5.91. The monoisotopic (exact) mass is 577 g/mol. The molecule has 4 rings (SSSR count). The van der Waals surface area contributed by atoms with Gasteiger partial charge >= 0.3 is 0 Å². The van der Waals surface area contributed by atoms with E-state index < -0.39 is 0 Å². The van der Waals surface area contributed by atoms with Crippen LogP contribution >= 0.6 is 24.0 Å². The summed E-state index contributed by atoms with van der Waals surface area (Å²) in [7, 11) is 5.17. The van der Waals surface area contributed by atoms with Crippen LogP contribution in [0.5, 0.6) is 11.5 Å². The lowest BCUT2D eigenvalue weighted by Gasteiger charge is -2.32. The molecule has 0 radical (unpaired) electrons. The normalized spacial score (nSPS) is 13.2. The lowest BCUT2D eigenvalue weighted by Crippen LogP contribution is -2.44. The molecule has 0 amide bonds. The molecule has 0 bridgehead atoms. The number of nitrogens with one attached hydrogen (secondary N) is 1. The second-order valence-electron chi connectivity index (χ2n) is 7.94. The van der Waals surface area contributed by atoms with Crippen LogP contribution in [0, 0.1) is 0 Å². The molecule has 0 fully saturated rings. The highest BCUT2D eigenvalue weighted by molar-refractivity contribution is 14.0. The highest BCUT2D eigenvalue weighted by Crippen LogP contribution is 2.33. The molecule has 0 atom stereocenters. The van der Waals surface area contributed by atoms with Gasteiger partial charge in [0.25, 0.3) is 5.89 Å². The van der Waals surface area contributed by atoms with Crippen molar-refractivity contribution in [2.24, 2.45) is 4.99 Å². The highest BCUT2D eigenvalue weighted by atomic mass is 127. The number of ether oxygens (including phenoxy) is 2. The summed E-state index contributed by atoms with van der Waals surface area (Å²) < 4.78 is 16.2. The van der Waals surface area contributed by atoms with Crippen molar-refractivity contribution in [3.63, 3.8) is 0 Å². The first-order valence-corrected chi connectivity index (χ1v) is 11.3. The van der Waals surface area contributed by atoms with E-state index in [0.717, 1.165) is 67.7 Å². The van der Waals surface area contributed by atoms with Gasteiger partial charge in [0.1, 0.15) is 0 Å². The number of methoxy groups -OCH3 is 2. The first kappa shape index (κ1) is 25.8. The minimum absolute atomic E-state index is 0. The second kappa shape index (κ2) is 12.0. The lowest BCUT2D eigenvalue weighted by molar-refractivity contribution is 0.346. The molecule has 182 valence electrons. The standard InChI is InChI=1S/C25H31N5O3.HI/c1-5-23-28-24(33-29-23)18-8-6-17(7-9-18)10-12-27-25(26-2)30-13-11-19-14-21(31-3)22(32-4)15-20(19)16-30;/h6-9,14-15H,5,10-13,16H2,1-4H3,(H,26,27);1H. The highest BCUT2D eigenvalue weighted by Gasteiger charge is 2.21. The minimum atomic E-state index is 0. The predicted octanol–water partition coefficient (Wildman–Crippen LogP) is 4.11. The third-order valence-electron chi connectivity index (χ3n) is 5.91. The summed E-state index contributed by atoms with van der Waals surface area (Å²) in [6.45, 7) is 4.49. The van der Waals surface area contributed by atoms with Crippen LogP contribution in [0.25, 0.3) is 11.5 Å². The number of guanidine groups is 1. The quantitative estimate of drug-likeness (QED) is 0.257. The van der Waals surface area contributed by atoms with Crippen molar-refractivity contribution in [2.75, 3.05) is 34.4 Å². The molecule has 0 saturated carbocycles. The molecule has 1 aliphatic rings. The maximum Gasteiger partial charge on any atom is 0.257 e. The zero-order valence-corrected chi connectivity index (χ0v) is 22.5. The zero-order valence-electron chi connectivity index (χ0n) is 20.1. The lowest BCUT2D eigenvalue weighted by atomic mass is 9.99. The van der Waals surface area contributed by atoms with E-state index in [2.05, 4.69) is 49.6 Å². The van der Waals surface area contributed by atoms with E-state index in [0.29, 0.717) is 5.89 Å². The van der Waals surface area contributed by atoms with E-state index in [1.807, 2.05) is 26.1 Å². The number of benzene rings is 2. The maximum atomic E-state index is 5.48. The van der Waals surface area contributed by atoms with Gasteiger partial charge in [0, 0.05) is 38.7 Å². The van der Waals surface area contributed by atoms with Crippen LogP contribution in [0.4, 0.5) is 0 Å². The molecule has 8 nitrogen and oxygen atoms in total. The van der Waals surface area contributed by atoms with E-state index in [1.54, 1.807) is 14.2 Å². The topological polar surface area (TPSA) is 85.0 Å². The number of aromatic nitrogens is 2. The van der Waals surface area contributed by atoms with E-state index in [4.69, 9.17) is 14.0 Å². The Morgan fingerprint density at radius 2 is 1.82 bits per heavy atom. The number of aryl methyl sites for hydroxylation is 1. The average Bonchev–Trinajstić information content (AvgIpc) is 3.35. The zero-order chi connectivity index (χ0) is 23.2. The maximum absolute atomic E-state index is 5.48. The van der Waals surface area contributed by atoms with E-state index in [-0.39, 0.29) is 24.0 Å². The molecule has 3 aromatic rings. The number of hydrogen-bond donors (Lipinski definition) is 1. The van der Waals surface area contributed by atoms with Crippen molar-refractivity contribution < 1.29 is 14.0 Å². The molecule has 2 heterocycles. The predicted molar refractivity (Wildman–Crippen MR) is 143 cm³/mol. The first-order chi connectivity index (χ1) is 16.1. The molecule has 0 spiro atoms. The van der Waals surface area contributed by atoms with Crippen LogP contribution in [-0.2, 0) is 25.8 Å². The number of fused-ring (bicyclic) bond motifs is 1. The van der Waals surface area contributed by atoms with E-state index in [9.17, 15) is 0 Å². The van der Waals surface area contributed by atoms with Gasteiger partial charge < -0.3 is 24.2 Å². The SMILES string of the molecule is CCc1noc(-c2ccc(CCNC(=NC)N3CCc4cc(OC)c(OC)cc4C3)cc2)n1.I. The van der Waals surface area contributed by atoms with Crippen LogP contribution < -0.4 is 14.8 Å². The molecule has 0 unspecified atom stereocenters. The number of aliphatic imine (C=N–C) groups is 1. The van der Waals surface area contributed by atoms with Crippen LogP contribution in [0.1, 0.15) is 29.4 Å². The smallest absolute Gasteiger partial charge is 0.257 e. The van der Waals surface area contributed by atoms with E-state index in [1.165, 1.54) is 16.7 Å². The summed E-state index contributed by atoms with van der Waals surface area (Å²) in [5, 5.41) is 7.47. The molecule has 34 heavy (non-hydrogen) atoms. The van der Waals surface area contributed by atoms with Crippen LogP contribution in [0.3, 0.4) is 0 Å². The molecule has 0 aliphatic carbocycles. The number of hydrogen-bond acceptors (Lipinski definition) is 6. The number of nitrogens with zero attached hydrogens (tertiary/aromatic N) is 4. The molecule has 1 aliphatic heterocycles. The molecule has 9 heteroatoms. The van der Waals surface area contributed by atoms with Gasteiger partial charge in [-0.1, -0.05) is 24.2 Å². The van der Waals surface area contributed by atoms with Gasteiger partial charge in [-0.05, 0) is 53.8 Å². The van der Waals surface area contributed by atoms with Crippen LogP contribution in [-0.4, -0.2) is 55.4 Å². The molecule has 0 saturated heterocycles. The van der Waals surface area contributed by atoms with Crippen LogP contribution in [0.15, 0.2) is 45.9 Å². The van der Waals surface area contributed by atoms with Gasteiger partial charge in [-0.2, -0.15) is 4.98 Å².